The fourth-order valence-corrected chi connectivity index (χ4v) is 9.47. The third-order valence-corrected chi connectivity index (χ3v) is 10.2. The minimum Gasteiger partial charge on any atom is -0.469 e. The van der Waals surface area contributed by atoms with Crippen molar-refractivity contribution in [2.24, 2.45) is 40.4 Å². The van der Waals surface area contributed by atoms with Crippen LogP contribution >= 0.6 is 0 Å². The molecule has 2 heterocycles. The van der Waals surface area contributed by atoms with E-state index in [-0.39, 0.29) is 22.7 Å². The Balaban J connectivity index is 1.61. The summed E-state index contributed by atoms with van der Waals surface area (Å²) in [6.07, 6.45) is 8.10. The summed E-state index contributed by atoms with van der Waals surface area (Å²) in [7, 11) is 1.56. The molecule has 1 spiro atoms. The molecule has 2 saturated heterocycles. The smallest absolute Gasteiger partial charge is 0.309 e. The number of methoxy groups -OCH3 is 1. The van der Waals surface area contributed by atoms with Gasteiger partial charge in [0.25, 0.3) is 0 Å². The van der Waals surface area contributed by atoms with E-state index in [0.717, 1.165) is 31.1 Å². The zero-order valence-electron chi connectivity index (χ0n) is 16.7. The molecule has 1 N–H and O–H groups in total. The summed E-state index contributed by atoms with van der Waals surface area (Å²) in [4.78, 5) is 15.6. The molecule has 4 heteroatoms. The quantitative estimate of drug-likeness (QED) is 0.599. The second-order valence-electron chi connectivity index (χ2n) is 10.6. The van der Waals surface area contributed by atoms with E-state index in [1.54, 1.807) is 18.3 Å². The molecule has 6 rings (SSSR count). The Morgan fingerprint density at radius 2 is 2.07 bits per heavy atom. The Kier molecular flexibility index (Phi) is 3.40. The van der Waals surface area contributed by atoms with Gasteiger partial charge in [0.2, 0.25) is 0 Å². The van der Waals surface area contributed by atoms with E-state index in [4.69, 9.17) is 4.74 Å². The lowest BCUT2D eigenvalue weighted by atomic mass is 9.43. The third kappa shape index (κ3) is 1.73. The van der Waals surface area contributed by atoms with Crippen LogP contribution in [-0.2, 0) is 9.53 Å². The average Bonchev–Trinajstić information content (AvgIpc) is 3.31. The summed E-state index contributed by atoms with van der Waals surface area (Å²) < 4.78 is 5.30. The normalized spacial score (nSPS) is 52.7. The van der Waals surface area contributed by atoms with E-state index in [2.05, 4.69) is 11.8 Å². The lowest BCUT2D eigenvalue weighted by Crippen LogP contribution is -2.68. The lowest BCUT2D eigenvalue weighted by molar-refractivity contribution is -0.173. The van der Waals surface area contributed by atoms with Crippen LogP contribution in [-0.4, -0.2) is 48.8 Å². The molecule has 0 aromatic heterocycles. The molecule has 4 aliphatic carbocycles. The predicted octanol–water partition coefficient (Wildman–Crippen LogP) is 3.00. The Morgan fingerprint density at radius 1 is 1.26 bits per heavy atom. The Labute approximate surface area is 162 Å². The van der Waals surface area contributed by atoms with Gasteiger partial charge in [0, 0.05) is 36.6 Å². The van der Waals surface area contributed by atoms with Gasteiger partial charge in [-0.1, -0.05) is 18.1 Å². The first-order chi connectivity index (χ1) is 13.1. The number of rotatable bonds is 2. The topological polar surface area (TPSA) is 49.8 Å². The Hall–Kier alpha value is -0.870. The Bertz CT molecular complexity index is 731. The monoisotopic (exact) mass is 371 g/mol. The van der Waals surface area contributed by atoms with E-state index in [0.29, 0.717) is 24.5 Å². The average molecular weight is 372 g/mol. The maximum absolute atomic E-state index is 12.8. The molecule has 8 atom stereocenters. The number of nitrogens with zero attached hydrogens (tertiary/aromatic N) is 1. The van der Waals surface area contributed by atoms with Crippen LogP contribution in [0.4, 0.5) is 0 Å². The first-order valence-corrected chi connectivity index (χ1v) is 11.2. The number of aliphatic hydroxyl groups is 1. The van der Waals surface area contributed by atoms with Crippen LogP contribution in [0.25, 0.3) is 0 Å². The minimum atomic E-state index is -0.00281. The number of hydrogen-bond donors (Lipinski definition) is 1. The van der Waals surface area contributed by atoms with Crippen LogP contribution in [0.5, 0.6) is 0 Å². The van der Waals surface area contributed by atoms with Crippen LogP contribution in [0.15, 0.2) is 11.1 Å². The highest BCUT2D eigenvalue weighted by Gasteiger charge is 2.75. The molecule has 0 unspecified atom stereocenters. The molecule has 0 amide bonds. The minimum absolute atomic E-state index is 0.000111. The van der Waals surface area contributed by atoms with Gasteiger partial charge in [-0.15, -0.1) is 0 Å². The highest BCUT2D eigenvalue weighted by molar-refractivity contribution is 5.75. The maximum atomic E-state index is 12.8. The van der Waals surface area contributed by atoms with Gasteiger partial charge in [0.1, 0.15) is 0 Å². The van der Waals surface area contributed by atoms with E-state index < -0.39 is 0 Å². The van der Waals surface area contributed by atoms with Crippen molar-refractivity contribution in [1.29, 1.82) is 0 Å². The van der Waals surface area contributed by atoms with E-state index in [1.165, 1.54) is 38.8 Å². The van der Waals surface area contributed by atoms with Gasteiger partial charge in [-0.25, -0.2) is 0 Å². The number of piperidine rings is 1. The molecule has 2 saturated carbocycles. The first kappa shape index (κ1) is 17.0. The predicted molar refractivity (Wildman–Crippen MR) is 102 cm³/mol. The molecule has 0 aromatic rings. The van der Waals surface area contributed by atoms with Crippen LogP contribution in [0.2, 0.25) is 0 Å². The van der Waals surface area contributed by atoms with Gasteiger partial charge in [-0.3, -0.25) is 9.69 Å². The van der Waals surface area contributed by atoms with Crippen molar-refractivity contribution in [1.82, 2.24) is 4.90 Å². The van der Waals surface area contributed by atoms with Crippen LogP contribution in [0.3, 0.4) is 0 Å². The van der Waals surface area contributed by atoms with E-state index in [1.807, 2.05) is 0 Å². The van der Waals surface area contributed by atoms with Gasteiger partial charge in [0.15, 0.2) is 0 Å². The third-order valence-electron chi connectivity index (χ3n) is 10.2. The molecule has 2 aliphatic heterocycles. The molecule has 4 fully saturated rings. The fraction of sp³-hybridized carbons (Fsp3) is 0.870. The van der Waals surface area contributed by atoms with Crippen molar-refractivity contribution in [3.63, 3.8) is 0 Å². The highest BCUT2D eigenvalue weighted by atomic mass is 16.5. The largest absolute Gasteiger partial charge is 0.469 e. The van der Waals surface area contributed by atoms with Crippen molar-refractivity contribution in [2.45, 2.75) is 57.9 Å². The summed E-state index contributed by atoms with van der Waals surface area (Å²) in [5.41, 5.74) is 3.36. The molecule has 148 valence electrons. The number of aliphatic hydroxyl groups excluding tert-OH is 1. The van der Waals surface area contributed by atoms with E-state index in [9.17, 15) is 9.90 Å². The van der Waals surface area contributed by atoms with Gasteiger partial charge in [-0.2, -0.15) is 0 Å². The number of hydrogen-bond acceptors (Lipinski definition) is 4. The molecular weight excluding hydrogens is 338 g/mol. The number of carbonyl (C=O) groups excluding carboxylic acids is 1. The highest BCUT2D eigenvalue weighted by Crippen LogP contribution is 2.76. The molecular formula is C23H33NO3. The van der Waals surface area contributed by atoms with Crippen molar-refractivity contribution >= 4 is 5.97 Å². The summed E-state index contributed by atoms with van der Waals surface area (Å²) >= 11 is 0. The molecule has 6 aliphatic rings. The summed E-state index contributed by atoms with van der Waals surface area (Å²) in [6, 6.07) is 0.544. The molecule has 4 bridgehead atoms. The molecule has 4 nitrogen and oxygen atoms in total. The zero-order valence-corrected chi connectivity index (χ0v) is 16.7. The number of ether oxygens (including phenoxy) is 1. The number of esters is 1. The summed E-state index contributed by atoms with van der Waals surface area (Å²) in [5, 5.41) is 10.9. The van der Waals surface area contributed by atoms with Crippen LogP contribution in [0, 0.1) is 40.4 Å². The van der Waals surface area contributed by atoms with Gasteiger partial charge < -0.3 is 9.84 Å². The summed E-state index contributed by atoms with van der Waals surface area (Å²) in [6.45, 7) is 5.13. The van der Waals surface area contributed by atoms with Crippen molar-refractivity contribution in [2.75, 3.05) is 26.8 Å². The number of allylic oxidation sites excluding steroid dienone is 1. The Morgan fingerprint density at radius 3 is 2.85 bits per heavy atom. The van der Waals surface area contributed by atoms with Crippen molar-refractivity contribution in [3.8, 4) is 0 Å². The zero-order chi connectivity index (χ0) is 18.6. The van der Waals surface area contributed by atoms with Crippen LogP contribution in [0.1, 0.15) is 51.9 Å². The second kappa shape index (κ2) is 5.38. The molecule has 27 heavy (non-hydrogen) atoms. The van der Waals surface area contributed by atoms with E-state index >= 15 is 0 Å². The summed E-state index contributed by atoms with van der Waals surface area (Å²) in [5.74, 6) is 2.44. The molecule has 0 aromatic carbocycles. The fourth-order valence-electron chi connectivity index (χ4n) is 9.47. The second-order valence-corrected chi connectivity index (χ2v) is 10.6. The van der Waals surface area contributed by atoms with Gasteiger partial charge in [-0.05, 0) is 68.6 Å². The van der Waals surface area contributed by atoms with Crippen molar-refractivity contribution in [3.05, 3.63) is 11.1 Å². The SMILES string of the molecule is COC(=O)[C@@H]1C[C@@]23C4=C(CC[C@@H]5CN6C[C@H](C)[C@H](CC[C@@]52CO)[C@H]63)CC[C@@H]41. The number of carbonyl (C=O) groups is 1. The first-order valence-electron chi connectivity index (χ1n) is 11.2. The van der Waals surface area contributed by atoms with Gasteiger partial charge >= 0.3 is 5.97 Å². The van der Waals surface area contributed by atoms with Crippen LogP contribution < -0.4 is 0 Å². The standard InChI is InChI=1S/C23H33NO3/c1-13-10-24-11-15-5-3-14-4-6-17-18(21(26)27-2)9-23(19(14)17)20(24)16(13)7-8-22(15,23)12-25/h13,15-18,20,25H,3-12H2,1-2H3/t13-,15+,16-,17+,18+,20-,22+,23-/m0/s1. The molecule has 0 radical (unpaired) electrons. The van der Waals surface area contributed by atoms with Gasteiger partial charge in [0.05, 0.1) is 13.0 Å². The lowest BCUT2D eigenvalue weighted by Gasteiger charge is -2.66. The maximum Gasteiger partial charge on any atom is 0.309 e. The van der Waals surface area contributed by atoms with Crippen molar-refractivity contribution < 1.29 is 14.6 Å².